The van der Waals surface area contributed by atoms with Gasteiger partial charge in [-0.25, -0.2) is 4.68 Å². The lowest BCUT2D eigenvalue weighted by Crippen LogP contribution is -2.31. The zero-order valence-electron chi connectivity index (χ0n) is 11.9. The number of rotatable bonds is 6. The third-order valence-electron chi connectivity index (χ3n) is 3.13. The summed E-state index contributed by atoms with van der Waals surface area (Å²) in [5.74, 6) is 0.293. The van der Waals surface area contributed by atoms with Crippen molar-refractivity contribution < 1.29 is 9.53 Å². The summed E-state index contributed by atoms with van der Waals surface area (Å²) in [5, 5.41) is 8.21. The molecule has 0 saturated heterocycles. The average Bonchev–Trinajstić information content (AvgIpc) is 2.74. The summed E-state index contributed by atoms with van der Waals surface area (Å²) < 4.78 is 6.81. The van der Waals surface area contributed by atoms with Crippen LogP contribution in [0, 0.1) is 5.92 Å². The fraction of sp³-hybridized carbons (Fsp3) is 0.769. The van der Waals surface area contributed by atoms with E-state index in [1.54, 1.807) is 0 Å². The van der Waals surface area contributed by atoms with E-state index in [2.05, 4.69) is 38.0 Å². The second-order valence-corrected chi connectivity index (χ2v) is 5.38. The molecule has 0 aromatic carbocycles. The van der Waals surface area contributed by atoms with E-state index in [-0.39, 0.29) is 18.1 Å². The maximum absolute atomic E-state index is 10.7. The van der Waals surface area contributed by atoms with Gasteiger partial charge in [0.15, 0.2) is 0 Å². The summed E-state index contributed by atoms with van der Waals surface area (Å²) in [7, 11) is 0. The monoisotopic (exact) mass is 253 g/mol. The van der Waals surface area contributed by atoms with Gasteiger partial charge in [0.05, 0.1) is 11.7 Å². The number of carbonyl (C=O) groups is 1. The van der Waals surface area contributed by atoms with Gasteiger partial charge in [0, 0.05) is 6.92 Å². The van der Waals surface area contributed by atoms with Crippen LogP contribution in [0.15, 0.2) is 6.20 Å². The summed E-state index contributed by atoms with van der Waals surface area (Å²) in [6, 6.07) is 0. The number of nitrogens with zero attached hydrogens (tertiary/aromatic N) is 3. The summed E-state index contributed by atoms with van der Waals surface area (Å²) in [6.07, 6.45) is 3.90. The maximum atomic E-state index is 10.7. The first kappa shape index (κ1) is 14.7. The van der Waals surface area contributed by atoms with Crippen molar-refractivity contribution in [2.24, 2.45) is 5.92 Å². The molecule has 0 bridgehead atoms. The molecule has 102 valence electrons. The molecule has 5 heteroatoms. The minimum Gasteiger partial charge on any atom is -0.459 e. The van der Waals surface area contributed by atoms with E-state index in [0.29, 0.717) is 11.6 Å². The summed E-state index contributed by atoms with van der Waals surface area (Å²) >= 11 is 0. The zero-order valence-corrected chi connectivity index (χ0v) is 11.9. The molecule has 1 rings (SSSR count). The molecular formula is C13H23N3O2. The molecule has 0 aliphatic heterocycles. The first-order chi connectivity index (χ1) is 8.37. The van der Waals surface area contributed by atoms with Gasteiger partial charge >= 0.3 is 5.97 Å². The minimum atomic E-state index is -0.301. The molecule has 1 aromatic heterocycles. The Balaban J connectivity index is 2.78. The van der Waals surface area contributed by atoms with E-state index in [4.69, 9.17) is 4.74 Å². The number of hydrogen-bond acceptors (Lipinski definition) is 4. The first-order valence-corrected chi connectivity index (χ1v) is 6.42. The van der Waals surface area contributed by atoms with Crippen molar-refractivity contribution in [3.8, 4) is 0 Å². The normalized spacial score (nSPS) is 14.6. The van der Waals surface area contributed by atoms with Gasteiger partial charge in [-0.1, -0.05) is 26.0 Å². The number of hydrogen-bond donors (Lipinski definition) is 0. The highest BCUT2D eigenvalue weighted by Gasteiger charge is 2.27. The van der Waals surface area contributed by atoms with Crippen LogP contribution in [-0.2, 0) is 21.7 Å². The molecule has 18 heavy (non-hydrogen) atoms. The van der Waals surface area contributed by atoms with Gasteiger partial charge in [-0.05, 0) is 25.7 Å². The van der Waals surface area contributed by atoms with Crippen LogP contribution in [0.5, 0.6) is 0 Å². The van der Waals surface area contributed by atoms with Crippen LogP contribution >= 0.6 is 0 Å². The van der Waals surface area contributed by atoms with Crippen LogP contribution in [0.25, 0.3) is 0 Å². The second kappa shape index (κ2) is 5.98. The number of esters is 1. The molecular weight excluding hydrogens is 230 g/mol. The molecule has 0 aliphatic carbocycles. The summed E-state index contributed by atoms with van der Waals surface area (Å²) in [6.45, 7) is 10.3. The van der Waals surface area contributed by atoms with Crippen LogP contribution in [0.3, 0.4) is 0 Å². The Bertz CT molecular complexity index is 401. The number of carbonyl (C=O) groups excluding carboxylic acids is 1. The molecule has 0 fully saturated rings. The molecule has 0 saturated carbocycles. The Morgan fingerprint density at radius 1 is 1.56 bits per heavy atom. The standard InChI is InChI=1S/C13H23N3O2/c1-6-13(5,7-10(2)3)16-8-12(14-15-16)9-18-11(4)17/h8,10H,6-7,9H2,1-5H3. The first-order valence-electron chi connectivity index (χ1n) is 6.42. The van der Waals surface area contributed by atoms with Crippen LogP contribution in [0.2, 0.25) is 0 Å². The van der Waals surface area contributed by atoms with E-state index in [0.717, 1.165) is 12.8 Å². The molecule has 0 amide bonds. The summed E-state index contributed by atoms with van der Waals surface area (Å²) in [4.78, 5) is 10.7. The van der Waals surface area contributed by atoms with Crippen molar-refractivity contribution in [1.82, 2.24) is 15.0 Å². The smallest absolute Gasteiger partial charge is 0.303 e. The van der Waals surface area contributed by atoms with Crippen LogP contribution in [-0.4, -0.2) is 21.0 Å². The maximum Gasteiger partial charge on any atom is 0.303 e. The van der Waals surface area contributed by atoms with Gasteiger partial charge < -0.3 is 4.74 Å². The average molecular weight is 253 g/mol. The van der Waals surface area contributed by atoms with Gasteiger partial charge in [0.25, 0.3) is 0 Å². The van der Waals surface area contributed by atoms with Gasteiger partial charge in [0.2, 0.25) is 0 Å². The molecule has 1 unspecified atom stereocenters. The number of aromatic nitrogens is 3. The largest absolute Gasteiger partial charge is 0.459 e. The molecule has 0 N–H and O–H groups in total. The lowest BCUT2D eigenvalue weighted by molar-refractivity contribution is -0.142. The Kier molecular flexibility index (Phi) is 4.87. The second-order valence-electron chi connectivity index (χ2n) is 5.38. The van der Waals surface area contributed by atoms with E-state index < -0.39 is 0 Å². The van der Waals surface area contributed by atoms with Crippen molar-refractivity contribution in [2.45, 2.75) is 59.6 Å². The minimum absolute atomic E-state index is 0.0321. The Hall–Kier alpha value is -1.39. The van der Waals surface area contributed by atoms with Gasteiger partial charge in [-0.2, -0.15) is 0 Å². The highest BCUT2D eigenvalue weighted by Crippen LogP contribution is 2.27. The molecule has 1 aromatic rings. The quantitative estimate of drug-likeness (QED) is 0.731. The predicted octanol–water partition coefficient (Wildman–Crippen LogP) is 2.51. The van der Waals surface area contributed by atoms with Crippen LogP contribution < -0.4 is 0 Å². The van der Waals surface area contributed by atoms with Crippen molar-refractivity contribution in [2.75, 3.05) is 0 Å². The van der Waals surface area contributed by atoms with Crippen molar-refractivity contribution in [1.29, 1.82) is 0 Å². The van der Waals surface area contributed by atoms with E-state index in [1.807, 2.05) is 10.9 Å². The predicted molar refractivity (Wildman–Crippen MR) is 68.9 cm³/mol. The Morgan fingerprint density at radius 3 is 2.72 bits per heavy atom. The van der Waals surface area contributed by atoms with Crippen LogP contribution in [0.4, 0.5) is 0 Å². The van der Waals surface area contributed by atoms with E-state index in [1.165, 1.54) is 6.92 Å². The van der Waals surface area contributed by atoms with Crippen molar-refractivity contribution in [3.63, 3.8) is 0 Å². The fourth-order valence-corrected chi connectivity index (χ4v) is 2.08. The van der Waals surface area contributed by atoms with E-state index in [9.17, 15) is 4.79 Å². The van der Waals surface area contributed by atoms with Crippen LogP contribution in [0.1, 0.15) is 53.2 Å². The molecule has 5 nitrogen and oxygen atoms in total. The third-order valence-corrected chi connectivity index (χ3v) is 3.13. The number of ether oxygens (including phenoxy) is 1. The fourth-order valence-electron chi connectivity index (χ4n) is 2.08. The van der Waals surface area contributed by atoms with Gasteiger partial charge in [-0.3, -0.25) is 4.79 Å². The lowest BCUT2D eigenvalue weighted by atomic mass is 9.88. The third kappa shape index (κ3) is 3.82. The SMILES string of the molecule is CCC(C)(CC(C)C)n1cc(COC(C)=O)nn1. The lowest BCUT2D eigenvalue weighted by Gasteiger charge is -2.30. The van der Waals surface area contributed by atoms with Crippen molar-refractivity contribution in [3.05, 3.63) is 11.9 Å². The van der Waals surface area contributed by atoms with Gasteiger partial charge in [-0.15, -0.1) is 5.10 Å². The molecule has 0 radical (unpaired) electrons. The highest BCUT2D eigenvalue weighted by molar-refractivity contribution is 5.65. The molecule has 1 atom stereocenters. The Morgan fingerprint density at radius 2 is 2.22 bits per heavy atom. The molecule has 1 heterocycles. The summed E-state index contributed by atoms with van der Waals surface area (Å²) in [5.41, 5.74) is 0.656. The van der Waals surface area contributed by atoms with E-state index >= 15 is 0 Å². The van der Waals surface area contributed by atoms with Gasteiger partial charge in [0.1, 0.15) is 12.3 Å². The Labute approximate surface area is 109 Å². The highest BCUT2D eigenvalue weighted by atomic mass is 16.5. The molecule has 0 aliphatic rings. The van der Waals surface area contributed by atoms with Crippen molar-refractivity contribution >= 4 is 5.97 Å². The topological polar surface area (TPSA) is 57.0 Å². The molecule has 0 spiro atoms. The zero-order chi connectivity index (χ0) is 13.8.